The van der Waals surface area contributed by atoms with Gasteiger partial charge in [-0.1, -0.05) is 26.0 Å². The number of carbonyl (C=O) groups excluding carboxylic acids is 2. The van der Waals surface area contributed by atoms with Crippen LogP contribution in [0.3, 0.4) is 0 Å². The van der Waals surface area contributed by atoms with Crippen LogP contribution >= 0.6 is 12.2 Å². The van der Waals surface area contributed by atoms with Crippen molar-refractivity contribution >= 4 is 35.2 Å². The summed E-state index contributed by atoms with van der Waals surface area (Å²) in [4.78, 5) is 27.8. The van der Waals surface area contributed by atoms with E-state index in [1.165, 1.54) is 15.4 Å². The molecule has 0 saturated carbocycles. The lowest BCUT2D eigenvalue weighted by Crippen LogP contribution is -2.52. The maximum absolute atomic E-state index is 12.6. The van der Waals surface area contributed by atoms with E-state index in [-0.39, 0.29) is 22.5 Å². The molecule has 2 aromatic rings. The number of hydrogen-bond acceptors (Lipinski definition) is 3. The Labute approximate surface area is 171 Å². The molecule has 146 valence electrons. The van der Waals surface area contributed by atoms with E-state index in [1.54, 1.807) is 20.2 Å². The molecule has 0 bridgehead atoms. The number of aromatic nitrogens is 1. The average molecular weight is 396 g/mol. The van der Waals surface area contributed by atoms with Crippen LogP contribution in [0.2, 0.25) is 0 Å². The quantitative estimate of drug-likeness (QED) is 0.451. The Balaban J connectivity index is 2.04. The van der Waals surface area contributed by atoms with Gasteiger partial charge in [-0.2, -0.15) is 0 Å². The predicted molar refractivity (Wildman–Crippen MR) is 115 cm³/mol. The highest BCUT2D eigenvalue weighted by molar-refractivity contribution is 7.80. The van der Waals surface area contributed by atoms with E-state index >= 15 is 0 Å². The fraction of sp³-hybridized carbons (Fsp3) is 0.318. The van der Waals surface area contributed by atoms with Crippen LogP contribution in [-0.2, 0) is 9.59 Å². The number of likely N-dealkylation sites (N-methyl/N-ethyl adjacent to an activating group) is 2. The van der Waals surface area contributed by atoms with Gasteiger partial charge in [-0.3, -0.25) is 19.4 Å². The Kier molecular flexibility index (Phi) is 5.26. The van der Waals surface area contributed by atoms with Crippen molar-refractivity contribution in [1.82, 2.24) is 14.4 Å². The van der Waals surface area contributed by atoms with E-state index in [1.807, 2.05) is 19.9 Å². The second-order valence-corrected chi connectivity index (χ2v) is 7.84. The molecule has 0 aliphatic carbocycles. The zero-order valence-corrected chi connectivity index (χ0v) is 17.9. The van der Waals surface area contributed by atoms with Gasteiger partial charge in [0, 0.05) is 31.2 Å². The summed E-state index contributed by atoms with van der Waals surface area (Å²) < 4.78 is 2.13. The highest BCUT2D eigenvalue weighted by atomic mass is 32.1. The molecular weight excluding hydrogens is 370 g/mol. The molecule has 1 aromatic heterocycles. The highest BCUT2D eigenvalue weighted by Crippen LogP contribution is 2.26. The zero-order chi connectivity index (χ0) is 20.7. The molecule has 28 heavy (non-hydrogen) atoms. The summed E-state index contributed by atoms with van der Waals surface area (Å²) in [7, 11) is 3.17. The number of nitrogens with zero attached hydrogens (tertiary/aromatic N) is 3. The van der Waals surface area contributed by atoms with Gasteiger partial charge in [0.25, 0.3) is 11.8 Å². The number of benzene rings is 1. The summed E-state index contributed by atoms with van der Waals surface area (Å²) in [6.45, 7) is 8.35. The number of carbonyl (C=O) groups is 2. The van der Waals surface area contributed by atoms with Crippen LogP contribution in [0.4, 0.5) is 0 Å². The zero-order valence-electron chi connectivity index (χ0n) is 17.1. The molecule has 0 spiro atoms. The van der Waals surface area contributed by atoms with Crippen molar-refractivity contribution in [3.63, 3.8) is 0 Å². The fourth-order valence-electron chi connectivity index (χ4n) is 3.47. The van der Waals surface area contributed by atoms with Crippen molar-refractivity contribution in [3.8, 4) is 5.69 Å². The van der Waals surface area contributed by atoms with Gasteiger partial charge >= 0.3 is 0 Å². The molecule has 0 N–H and O–H groups in total. The third kappa shape index (κ3) is 3.29. The van der Waals surface area contributed by atoms with Gasteiger partial charge < -0.3 is 4.57 Å². The maximum Gasteiger partial charge on any atom is 0.265 e. The van der Waals surface area contributed by atoms with E-state index in [0.717, 1.165) is 22.6 Å². The number of amides is 2. The molecule has 2 heterocycles. The van der Waals surface area contributed by atoms with Crippen LogP contribution in [0.15, 0.2) is 35.9 Å². The molecule has 0 unspecified atom stereocenters. The van der Waals surface area contributed by atoms with Crippen LogP contribution in [-0.4, -0.2) is 45.4 Å². The summed E-state index contributed by atoms with van der Waals surface area (Å²) in [6, 6.07) is 10.5. The maximum atomic E-state index is 12.6. The Bertz CT molecular complexity index is 974. The van der Waals surface area contributed by atoms with Gasteiger partial charge in [0.15, 0.2) is 5.11 Å². The number of aryl methyl sites for hydroxylation is 1. The monoisotopic (exact) mass is 395 g/mol. The minimum atomic E-state index is -0.376. The molecule has 1 aromatic carbocycles. The van der Waals surface area contributed by atoms with Crippen molar-refractivity contribution in [2.75, 3.05) is 14.1 Å². The first-order valence-electron chi connectivity index (χ1n) is 9.24. The first kappa shape index (κ1) is 20.0. The van der Waals surface area contributed by atoms with Crippen LogP contribution in [0.5, 0.6) is 0 Å². The van der Waals surface area contributed by atoms with Crippen molar-refractivity contribution < 1.29 is 9.59 Å². The van der Waals surface area contributed by atoms with Crippen LogP contribution in [0, 0.1) is 13.8 Å². The van der Waals surface area contributed by atoms with E-state index in [4.69, 9.17) is 12.2 Å². The number of rotatable bonds is 3. The third-order valence-electron chi connectivity index (χ3n) is 5.23. The smallest absolute Gasteiger partial charge is 0.265 e. The molecule has 0 atom stereocenters. The lowest BCUT2D eigenvalue weighted by molar-refractivity contribution is -0.132. The first-order chi connectivity index (χ1) is 13.1. The van der Waals surface area contributed by atoms with Gasteiger partial charge in [-0.25, -0.2) is 0 Å². The SMILES string of the molecule is Cc1cc(C=C2C(=O)N(C)C(=S)N(C)C2=O)c(C)n1-c1ccc(C(C)C)cc1. The highest BCUT2D eigenvalue weighted by Gasteiger charge is 2.35. The van der Waals surface area contributed by atoms with Gasteiger partial charge in [0.1, 0.15) is 5.57 Å². The molecule has 6 heteroatoms. The fourth-order valence-corrected chi connectivity index (χ4v) is 3.64. The van der Waals surface area contributed by atoms with E-state index in [0.29, 0.717) is 5.92 Å². The molecule has 1 fully saturated rings. The lowest BCUT2D eigenvalue weighted by Gasteiger charge is -2.31. The minimum Gasteiger partial charge on any atom is -0.318 e. The third-order valence-corrected chi connectivity index (χ3v) is 5.78. The van der Waals surface area contributed by atoms with E-state index in [9.17, 15) is 9.59 Å². The number of hydrogen-bond donors (Lipinski definition) is 0. The normalized spacial score (nSPS) is 15.1. The topological polar surface area (TPSA) is 45.6 Å². The van der Waals surface area contributed by atoms with Gasteiger partial charge in [-0.15, -0.1) is 0 Å². The van der Waals surface area contributed by atoms with Crippen molar-refractivity contribution in [2.45, 2.75) is 33.6 Å². The first-order valence-corrected chi connectivity index (χ1v) is 9.65. The summed E-state index contributed by atoms with van der Waals surface area (Å²) in [6.07, 6.45) is 1.67. The Morgan fingerprint density at radius 1 is 0.964 bits per heavy atom. The Morgan fingerprint density at radius 2 is 1.50 bits per heavy atom. The summed E-state index contributed by atoms with van der Waals surface area (Å²) >= 11 is 5.14. The minimum absolute atomic E-state index is 0.119. The largest absolute Gasteiger partial charge is 0.318 e. The molecule has 1 saturated heterocycles. The molecule has 1 aliphatic rings. The number of thiocarbonyl (C=S) groups is 1. The van der Waals surface area contributed by atoms with Crippen LogP contribution in [0.1, 0.15) is 42.3 Å². The standard InChI is InChI=1S/C22H25N3O2S/c1-13(2)16-7-9-18(10-8-16)25-14(3)11-17(15(25)4)12-19-20(26)23(5)22(28)24(6)21(19)27/h7-13H,1-6H3. The van der Waals surface area contributed by atoms with Crippen molar-refractivity contribution in [2.24, 2.45) is 0 Å². The van der Waals surface area contributed by atoms with Crippen molar-refractivity contribution in [3.05, 3.63) is 58.4 Å². The van der Waals surface area contributed by atoms with Crippen LogP contribution < -0.4 is 0 Å². The van der Waals surface area contributed by atoms with E-state index < -0.39 is 0 Å². The Hall–Kier alpha value is -2.73. The Morgan fingerprint density at radius 3 is 2.00 bits per heavy atom. The molecule has 2 amide bonds. The summed E-state index contributed by atoms with van der Waals surface area (Å²) in [5.74, 6) is -0.275. The summed E-state index contributed by atoms with van der Waals surface area (Å²) in [5.41, 5.74) is 5.32. The molecular formula is C22H25N3O2S. The lowest BCUT2D eigenvalue weighted by atomic mass is 10.0. The summed E-state index contributed by atoms with van der Waals surface area (Å²) in [5, 5.41) is 0.211. The van der Waals surface area contributed by atoms with Crippen molar-refractivity contribution in [1.29, 1.82) is 0 Å². The molecule has 3 rings (SSSR count). The van der Waals surface area contributed by atoms with Crippen LogP contribution in [0.25, 0.3) is 11.8 Å². The van der Waals surface area contributed by atoms with Gasteiger partial charge in [0.2, 0.25) is 0 Å². The van der Waals surface area contributed by atoms with Gasteiger partial charge in [-0.05, 0) is 67.4 Å². The second-order valence-electron chi connectivity index (χ2n) is 7.48. The molecule has 5 nitrogen and oxygen atoms in total. The predicted octanol–water partition coefficient (Wildman–Crippen LogP) is 3.82. The van der Waals surface area contributed by atoms with E-state index in [2.05, 4.69) is 42.7 Å². The average Bonchev–Trinajstić information content (AvgIpc) is 2.95. The van der Waals surface area contributed by atoms with Gasteiger partial charge in [0.05, 0.1) is 0 Å². The molecule has 1 aliphatic heterocycles. The second kappa shape index (κ2) is 7.36. The molecule has 0 radical (unpaired) electrons.